The molecule has 0 radical (unpaired) electrons. The third-order valence-corrected chi connectivity index (χ3v) is 8.56. The van der Waals surface area contributed by atoms with Crippen molar-refractivity contribution in [2.45, 2.75) is 25.8 Å². The highest BCUT2D eigenvalue weighted by molar-refractivity contribution is 5.99. The highest BCUT2D eigenvalue weighted by Crippen LogP contribution is 2.73. The number of fused-ring (bicyclic) bond motifs is 2. The van der Waals surface area contributed by atoms with Gasteiger partial charge in [-0.1, -0.05) is 12.1 Å². The maximum Gasteiger partial charge on any atom is 0.136 e. The zero-order valence-corrected chi connectivity index (χ0v) is 22.8. The Balaban J connectivity index is 0.975. The van der Waals surface area contributed by atoms with Gasteiger partial charge in [0, 0.05) is 65.2 Å². The van der Waals surface area contributed by atoms with E-state index >= 15 is 0 Å². The van der Waals surface area contributed by atoms with Gasteiger partial charge in [-0.15, -0.1) is 0 Å². The molecule has 2 aromatic carbocycles. The predicted molar refractivity (Wildman–Crippen MR) is 157 cm³/mol. The molecule has 0 saturated heterocycles. The summed E-state index contributed by atoms with van der Waals surface area (Å²) < 4.78 is 19.1. The van der Waals surface area contributed by atoms with Crippen LogP contribution >= 0.6 is 0 Å². The summed E-state index contributed by atoms with van der Waals surface area (Å²) in [5.41, 5.74) is 3.83. The summed E-state index contributed by atoms with van der Waals surface area (Å²) in [6, 6.07) is 18.3. The lowest BCUT2D eigenvalue weighted by Crippen LogP contribution is -2.66. The third kappa shape index (κ3) is 4.33. The highest BCUT2D eigenvalue weighted by atomic mass is 16.5. The number of nitrogens with one attached hydrogen (secondary N) is 2. The molecule has 204 valence electrons. The number of rotatable bonds is 11. The van der Waals surface area contributed by atoms with Crippen LogP contribution in [0.25, 0.3) is 16.4 Å². The summed E-state index contributed by atoms with van der Waals surface area (Å²) in [7, 11) is 3.33. The van der Waals surface area contributed by atoms with Gasteiger partial charge in [-0.25, -0.2) is 9.97 Å². The average Bonchev–Trinajstić information content (AvgIpc) is 3.42. The van der Waals surface area contributed by atoms with Crippen LogP contribution in [-0.4, -0.2) is 41.7 Å². The van der Waals surface area contributed by atoms with E-state index in [1.54, 1.807) is 20.4 Å². The standard InChI is InChI=1S/C32H33N5O3/c1-38-23-7-6-22(28(14-23)39-2)15-35-30-26-4-3-5-27(25(26)10-11-34-30)36-20-31-17-32(18-31,19-31)21-40-24-8-9-29-33-12-13-37(29)16-24/h3-14,16,36H,15,17-21H2,1-2H3,(H,34,35). The van der Waals surface area contributed by atoms with Gasteiger partial charge in [0.15, 0.2) is 0 Å². The monoisotopic (exact) mass is 535 g/mol. The highest BCUT2D eigenvalue weighted by Gasteiger charge is 2.67. The summed E-state index contributed by atoms with van der Waals surface area (Å²) in [6.45, 7) is 2.35. The number of hydrogen-bond donors (Lipinski definition) is 2. The van der Waals surface area contributed by atoms with Gasteiger partial charge in [-0.05, 0) is 61.1 Å². The molecule has 2 bridgehead atoms. The summed E-state index contributed by atoms with van der Waals surface area (Å²) in [5, 5.41) is 9.54. The lowest BCUT2D eigenvalue weighted by Gasteiger charge is -2.70. The Morgan fingerprint density at radius 1 is 0.850 bits per heavy atom. The third-order valence-electron chi connectivity index (χ3n) is 8.56. The van der Waals surface area contributed by atoms with Crippen molar-refractivity contribution >= 4 is 27.9 Å². The minimum absolute atomic E-state index is 0.327. The molecule has 5 aromatic rings. The summed E-state index contributed by atoms with van der Waals surface area (Å²) in [5.74, 6) is 3.32. The van der Waals surface area contributed by atoms with E-state index in [1.807, 2.05) is 53.3 Å². The summed E-state index contributed by atoms with van der Waals surface area (Å²) in [4.78, 5) is 8.94. The van der Waals surface area contributed by atoms with Gasteiger partial charge in [-0.3, -0.25) is 0 Å². The number of nitrogens with zero attached hydrogens (tertiary/aromatic N) is 3. The quantitative estimate of drug-likeness (QED) is 0.209. The van der Waals surface area contributed by atoms with E-state index in [-0.39, 0.29) is 0 Å². The second-order valence-corrected chi connectivity index (χ2v) is 11.3. The fraction of sp³-hybridized carbons (Fsp3) is 0.312. The number of ether oxygens (including phenoxy) is 3. The summed E-state index contributed by atoms with van der Waals surface area (Å²) >= 11 is 0. The van der Waals surface area contributed by atoms with Crippen LogP contribution in [-0.2, 0) is 6.54 Å². The van der Waals surface area contributed by atoms with Crippen molar-refractivity contribution in [2.75, 3.05) is 38.0 Å². The van der Waals surface area contributed by atoms with Crippen LogP contribution < -0.4 is 24.8 Å². The molecule has 3 aliphatic rings. The Morgan fingerprint density at radius 2 is 1.73 bits per heavy atom. The van der Waals surface area contributed by atoms with Crippen LogP contribution in [0.4, 0.5) is 11.5 Å². The molecule has 3 heterocycles. The zero-order chi connectivity index (χ0) is 27.2. The maximum atomic E-state index is 6.19. The molecule has 0 atom stereocenters. The van der Waals surface area contributed by atoms with Crippen LogP contribution in [0.15, 0.2) is 79.4 Å². The Labute approximate surface area is 233 Å². The first-order valence-corrected chi connectivity index (χ1v) is 13.7. The molecule has 2 N–H and O–H groups in total. The van der Waals surface area contributed by atoms with E-state index < -0.39 is 0 Å². The Morgan fingerprint density at radius 3 is 2.58 bits per heavy atom. The zero-order valence-electron chi connectivity index (χ0n) is 22.8. The van der Waals surface area contributed by atoms with Crippen molar-refractivity contribution in [2.24, 2.45) is 10.8 Å². The molecular weight excluding hydrogens is 502 g/mol. The Hall–Kier alpha value is -4.46. The van der Waals surface area contributed by atoms with Crippen LogP contribution in [0.2, 0.25) is 0 Å². The van der Waals surface area contributed by atoms with E-state index in [9.17, 15) is 0 Å². The fourth-order valence-electron chi connectivity index (χ4n) is 6.75. The number of anilines is 2. The SMILES string of the molecule is COc1ccc(CNc2nccc3c(NCC45CC(COc6ccc7nccn7c6)(C4)C5)cccc23)c(OC)c1. The first-order valence-electron chi connectivity index (χ1n) is 13.7. The maximum absolute atomic E-state index is 6.19. The normalized spacial score (nSPS) is 20.9. The molecule has 3 fully saturated rings. The first kappa shape index (κ1) is 24.6. The molecule has 3 aliphatic carbocycles. The van der Waals surface area contributed by atoms with E-state index in [4.69, 9.17) is 14.2 Å². The van der Waals surface area contributed by atoms with Crippen molar-refractivity contribution in [1.82, 2.24) is 14.4 Å². The van der Waals surface area contributed by atoms with Crippen molar-refractivity contribution in [3.8, 4) is 17.2 Å². The van der Waals surface area contributed by atoms with Gasteiger partial charge in [-0.2, -0.15) is 0 Å². The van der Waals surface area contributed by atoms with E-state index in [0.717, 1.165) is 58.5 Å². The topological polar surface area (TPSA) is 81.9 Å². The molecule has 0 unspecified atom stereocenters. The van der Waals surface area contributed by atoms with E-state index in [0.29, 0.717) is 17.4 Å². The molecule has 8 rings (SSSR count). The van der Waals surface area contributed by atoms with Crippen molar-refractivity contribution in [1.29, 1.82) is 0 Å². The van der Waals surface area contributed by atoms with Crippen molar-refractivity contribution < 1.29 is 14.2 Å². The van der Waals surface area contributed by atoms with Crippen LogP contribution in [0.3, 0.4) is 0 Å². The smallest absolute Gasteiger partial charge is 0.136 e. The van der Waals surface area contributed by atoms with Gasteiger partial charge < -0.3 is 29.2 Å². The number of aromatic nitrogens is 3. The number of methoxy groups -OCH3 is 2. The molecule has 40 heavy (non-hydrogen) atoms. The molecular formula is C32H33N5O3. The average molecular weight is 536 g/mol. The van der Waals surface area contributed by atoms with Gasteiger partial charge >= 0.3 is 0 Å². The van der Waals surface area contributed by atoms with Crippen LogP contribution in [0, 0.1) is 10.8 Å². The van der Waals surface area contributed by atoms with Crippen molar-refractivity contribution in [3.63, 3.8) is 0 Å². The van der Waals surface area contributed by atoms with E-state index in [1.165, 1.54) is 24.6 Å². The largest absolute Gasteiger partial charge is 0.497 e. The number of imidazole rings is 1. The van der Waals surface area contributed by atoms with Gasteiger partial charge in [0.1, 0.15) is 28.7 Å². The van der Waals surface area contributed by atoms with Crippen LogP contribution in [0.1, 0.15) is 24.8 Å². The minimum atomic E-state index is 0.327. The molecule has 8 nitrogen and oxygen atoms in total. The molecule has 3 saturated carbocycles. The van der Waals surface area contributed by atoms with Crippen molar-refractivity contribution in [3.05, 3.63) is 84.9 Å². The Bertz CT molecular complexity index is 1680. The minimum Gasteiger partial charge on any atom is -0.497 e. The first-order chi connectivity index (χ1) is 19.6. The lowest BCUT2D eigenvalue weighted by atomic mass is 9.35. The molecule has 0 aliphatic heterocycles. The van der Waals surface area contributed by atoms with Gasteiger partial charge in [0.2, 0.25) is 0 Å². The molecule has 8 heteroatoms. The Kier molecular flexibility index (Phi) is 5.91. The molecule has 0 amide bonds. The molecule has 0 spiro atoms. The predicted octanol–water partition coefficient (Wildman–Crippen LogP) is 6.17. The number of benzene rings is 2. The second kappa shape index (κ2) is 9.62. The number of pyridine rings is 2. The lowest BCUT2D eigenvalue weighted by molar-refractivity contribution is -0.209. The molecule has 3 aromatic heterocycles. The number of hydrogen-bond acceptors (Lipinski definition) is 7. The summed E-state index contributed by atoms with van der Waals surface area (Å²) in [6.07, 6.45) is 11.3. The van der Waals surface area contributed by atoms with E-state index in [2.05, 4.69) is 44.9 Å². The van der Waals surface area contributed by atoms with Gasteiger partial charge in [0.05, 0.1) is 27.0 Å². The van der Waals surface area contributed by atoms with Gasteiger partial charge in [0.25, 0.3) is 0 Å². The fourth-order valence-corrected chi connectivity index (χ4v) is 6.75. The van der Waals surface area contributed by atoms with Crippen LogP contribution in [0.5, 0.6) is 17.2 Å². The second-order valence-electron chi connectivity index (χ2n) is 11.3.